The third-order valence-corrected chi connectivity index (χ3v) is 17.6. The first-order valence-electron chi connectivity index (χ1n) is 26.2. The molecule has 1 aliphatic carbocycles. The van der Waals surface area contributed by atoms with Gasteiger partial charge in [0.05, 0.1) is 33.1 Å². The van der Waals surface area contributed by atoms with Crippen LogP contribution in [-0.2, 0) is 0 Å². The quantitative estimate of drug-likeness (QED) is 0.165. The molecule has 0 fully saturated rings. The summed E-state index contributed by atoms with van der Waals surface area (Å²) in [7, 11) is 0. The van der Waals surface area contributed by atoms with Crippen LogP contribution in [-0.4, -0.2) is 27.1 Å². The largest absolute Gasteiger partial charge is 0.315 e. The smallest absolute Gasteiger partial charge is 0.252 e. The molecule has 4 aliphatic heterocycles. The van der Waals surface area contributed by atoms with Crippen LogP contribution in [0.3, 0.4) is 0 Å². The SMILES string of the molecule is CC1CC=CC=C1N1c2cc3c(cc2B2c4ccccc4-n4c5ccccc5c5ccc1c2c54)c1cc2c(cc1n3-c1ccccc1)N(c1ccccc1)c1ccc3c4ccccc4n4c3c1B2c1ccccc1-4. The molecule has 7 heteroatoms. The van der Waals surface area contributed by atoms with Crippen LogP contribution < -0.4 is 42.6 Å². The van der Waals surface area contributed by atoms with Crippen LogP contribution >= 0.6 is 0 Å². The predicted molar refractivity (Wildman–Crippen MR) is 313 cm³/mol. The number of nitrogens with zero attached hydrogens (tertiary/aromatic N) is 5. The second-order valence-electron chi connectivity index (χ2n) is 21.2. The maximum Gasteiger partial charge on any atom is 0.252 e. The molecule has 0 N–H and O–H groups in total. The van der Waals surface area contributed by atoms with E-state index in [1.54, 1.807) is 0 Å². The number of rotatable bonds is 3. The Morgan fingerprint density at radius 2 is 0.851 bits per heavy atom. The van der Waals surface area contributed by atoms with Crippen molar-refractivity contribution >= 4 is 140 Å². The molecule has 3 aromatic heterocycles. The van der Waals surface area contributed by atoms with Crippen LogP contribution in [0.4, 0.5) is 28.4 Å². The Morgan fingerprint density at radius 3 is 1.42 bits per heavy atom. The topological polar surface area (TPSA) is 21.3 Å². The fourth-order valence-corrected chi connectivity index (χ4v) is 14.7. The van der Waals surface area contributed by atoms with E-state index in [0.717, 1.165) is 17.8 Å². The number of hydrogen-bond donors (Lipinski definition) is 0. The summed E-state index contributed by atoms with van der Waals surface area (Å²) in [6.45, 7) is 2.42. The monoisotopic (exact) mass is 939 g/mol. The van der Waals surface area contributed by atoms with Gasteiger partial charge in [-0.05, 0) is 118 Å². The minimum atomic E-state index is 0.00407. The zero-order valence-electron chi connectivity index (χ0n) is 40.5. The third-order valence-electron chi connectivity index (χ3n) is 17.6. The van der Waals surface area contributed by atoms with Gasteiger partial charge in [-0.1, -0.05) is 153 Å². The molecule has 74 heavy (non-hydrogen) atoms. The Morgan fingerprint density at radius 1 is 0.365 bits per heavy atom. The summed E-state index contributed by atoms with van der Waals surface area (Å²) < 4.78 is 7.68. The van der Waals surface area contributed by atoms with E-state index in [1.165, 1.54) is 138 Å². The van der Waals surface area contributed by atoms with Gasteiger partial charge in [-0.3, -0.25) is 0 Å². The minimum absolute atomic E-state index is 0.00407. The van der Waals surface area contributed by atoms with Crippen LogP contribution in [0.5, 0.6) is 0 Å². The van der Waals surface area contributed by atoms with Crippen LogP contribution in [0, 0.1) is 5.92 Å². The maximum absolute atomic E-state index is 2.65. The molecule has 0 radical (unpaired) electrons. The van der Waals surface area contributed by atoms with E-state index in [2.05, 4.69) is 255 Å². The predicted octanol–water partition coefficient (Wildman–Crippen LogP) is 12.4. The molecule has 0 saturated heterocycles. The van der Waals surface area contributed by atoms with Crippen molar-refractivity contribution in [2.45, 2.75) is 13.3 Å². The number of allylic oxidation sites excluding steroid dienone is 4. The van der Waals surface area contributed by atoms with Crippen LogP contribution in [0.2, 0.25) is 0 Å². The molecular formula is C67H43B2N5. The first-order valence-corrected chi connectivity index (χ1v) is 26.2. The third kappa shape index (κ3) is 4.79. The molecule has 10 aromatic carbocycles. The molecule has 0 spiro atoms. The van der Waals surface area contributed by atoms with Crippen molar-refractivity contribution < 1.29 is 0 Å². The molecule has 13 aromatic rings. The van der Waals surface area contributed by atoms with Gasteiger partial charge in [0, 0.05) is 89.4 Å². The number of para-hydroxylation sites is 6. The van der Waals surface area contributed by atoms with Gasteiger partial charge in [0.1, 0.15) is 0 Å². The van der Waals surface area contributed by atoms with Crippen molar-refractivity contribution in [3.05, 3.63) is 230 Å². The number of aromatic nitrogens is 3. The highest BCUT2D eigenvalue weighted by atomic mass is 15.2. The van der Waals surface area contributed by atoms with Crippen LogP contribution in [0.25, 0.3) is 82.5 Å². The Labute approximate surface area is 427 Å². The molecule has 18 rings (SSSR count). The summed E-state index contributed by atoms with van der Waals surface area (Å²) in [6, 6.07) is 78.4. The zero-order chi connectivity index (χ0) is 48.1. The molecular weight excluding hydrogens is 896 g/mol. The molecule has 0 saturated carbocycles. The number of fused-ring (bicyclic) bond motifs is 19. The highest BCUT2D eigenvalue weighted by Crippen LogP contribution is 2.48. The lowest BCUT2D eigenvalue weighted by Gasteiger charge is -2.42. The molecule has 342 valence electrons. The second kappa shape index (κ2) is 14.1. The fraction of sp³-hybridized carbons (Fsp3) is 0.0448. The highest BCUT2D eigenvalue weighted by Gasteiger charge is 2.45. The maximum atomic E-state index is 2.65. The average Bonchev–Trinajstić information content (AvgIpc) is 4.21. The van der Waals surface area contributed by atoms with Gasteiger partial charge >= 0.3 is 0 Å². The normalized spacial score (nSPS) is 15.6. The molecule has 5 nitrogen and oxygen atoms in total. The van der Waals surface area contributed by atoms with E-state index in [0.29, 0.717) is 5.92 Å². The van der Waals surface area contributed by atoms with Crippen molar-refractivity contribution in [1.82, 2.24) is 13.7 Å². The Kier molecular flexibility index (Phi) is 7.49. The summed E-state index contributed by atoms with van der Waals surface area (Å²) in [4.78, 5) is 5.21. The van der Waals surface area contributed by atoms with Gasteiger partial charge < -0.3 is 23.5 Å². The summed E-state index contributed by atoms with van der Waals surface area (Å²) in [5, 5.41) is 7.72. The molecule has 5 aliphatic rings. The van der Waals surface area contributed by atoms with Gasteiger partial charge in [0.15, 0.2) is 0 Å². The van der Waals surface area contributed by atoms with E-state index in [9.17, 15) is 0 Å². The van der Waals surface area contributed by atoms with Crippen LogP contribution in [0.1, 0.15) is 13.3 Å². The first-order chi connectivity index (χ1) is 36.7. The van der Waals surface area contributed by atoms with Gasteiger partial charge in [-0.2, -0.15) is 0 Å². The lowest BCUT2D eigenvalue weighted by molar-refractivity contribution is 0.670. The second-order valence-corrected chi connectivity index (χ2v) is 21.2. The zero-order valence-corrected chi connectivity index (χ0v) is 40.5. The first kappa shape index (κ1) is 39.4. The number of benzene rings is 10. The van der Waals surface area contributed by atoms with Crippen molar-refractivity contribution in [3.63, 3.8) is 0 Å². The van der Waals surface area contributed by atoms with Gasteiger partial charge in [-0.15, -0.1) is 0 Å². The van der Waals surface area contributed by atoms with Crippen molar-refractivity contribution in [2.24, 2.45) is 5.92 Å². The van der Waals surface area contributed by atoms with E-state index in [1.807, 2.05) is 0 Å². The van der Waals surface area contributed by atoms with E-state index in [4.69, 9.17) is 0 Å². The van der Waals surface area contributed by atoms with Crippen molar-refractivity contribution in [1.29, 1.82) is 0 Å². The minimum Gasteiger partial charge on any atom is -0.315 e. The molecule has 1 unspecified atom stereocenters. The summed E-state index contributed by atoms with van der Waals surface area (Å²) in [5.41, 5.74) is 26.8. The average molecular weight is 940 g/mol. The highest BCUT2D eigenvalue weighted by molar-refractivity contribution is 7.01. The van der Waals surface area contributed by atoms with Gasteiger partial charge in [0.25, 0.3) is 13.4 Å². The summed E-state index contributed by atoms with van der Waals surface area (Å²) in [6.07, 6.45) is 7.97. The number of anilines is 5. The lowest BCUT2D eigenvalue weighted by Crippen LogP contribution is -2.61. The Bertz CT molecular complexity index is 4750. The van der Waals surface area contributed by atoms with Crippen LogP contribution in [0.15, 0.2) is 230 Å². The molecule has 1 atom stereocenters. The van der Waals surface area contributed by atoms with Gasteiger partial charge in [0.2, 0.25) is 0 Å². The van der Waals surface area contributed by atoms with E-state index in [-0.39, 0.29) is 13.4 Å². The number of hydrogen-bond acceptors (Lipinski definition) is 2. The molecule has 7 heterocycles. The molecule has 0 amide bonds. The lowest BCUT2D eigenvalue weighted by atomic mass is 9.33. The standard InChI is InChI=1S/C67H43B2N5/c1-40-18-8-13-27-53(40)72-59-35-33-46-44-24-10-15-29-55(44)74-57-31-17-12-26-50(57)69(65(59)67(46)74)52-37-48-47-36-51-62(38-60(47)71(61(48)39-63(52)72)42-21-6-3-7-22-42)70(41-19-4-2-5-20-41)58-34-32-45-43-23-9-14-28-54(43)73-56-30-16-11-25-49(56)68(51)64(58)66(45)73/h2-17,19-40H,18H2,1H3. The molecule has 0 bridgehead atoms. The Balaban J connectivity index is 0.998. The summed E-state index contributed by atoms with van der Waals surface area (Å²) in [5.74, 6) is 0.325. The van der Waals surface area contributed by atoms with Gasteiger partial charge in [-0.25, -0.2) is 0 Å². The van der Waals surface area contributed by atoms with E-state index < -0.39 is 0 Å². The van der Waals surface area contributed by atoms with E-state index >= 15 is 0 Å². The fourth-order valence-electron chi connectivity index (χ4n) is 14.7. The van der Waals surface area contributed by atoms with Crippen molar-refractivity contribution in [3.8, 4) is 17.1 Å². The van der Waals surface area contributed by atoms with Crippen molar-refractivity contribution in [2.75, 3.05) is 9.80 Å². The Hall–Kier alpha value is -9.19. The summed E-state index contributed by atoms with van der Waals surface area (Å²) >= 11 is 0.